The van der Waals surface area contributed by atoms with E-state index < -0.39 is 0 Å². The Hall–Kier alpha value is -1.51. The van der Waals surface area contributed by atoms with Crippen LogP contribution in [-0.4, -0.2) is 79.0 Å². The van der Waals surface area contributed by atoms with E-state index in [1.807, 2.05) is 0 Å². The van der Waals surface area contributed by atoms with E-state index in [0.717, 1.165) is 25.1 Å². The lowest BCUT2D eigenvalue weighted by Crippen LogP contribution is -2.15. The minimum absolute atomic E-state index is 0.451. The maximum Gasteiger partial charge on any atom is 0.150 e. The molecular formula is C22H36O7. The highest BCUT2D eigenvalue weighted by Crippen LogP contribution is 2.10. The Bertz CT molecular complexity index is 492. The minimum atomic E-state index is 0.451. The minimum Gasteiger partial charge on any atom is -0.491 e. The van der Waals surface area contributed by atoms with Gasteiger partial charge in [0.15, 0.2) is 0 Å². The smallest absolute Gasteiger partial charge is 0.150 e. The molecule has 29 heavy (non-hydrogen) atoms. The molecule has 0 heterocycles. The molecule has 0 saturated carbocycles. The van der Waals surface area contributed by atoms with E-state index in [1.54, 1.807) is 24.3 Å². The summed E-state index contributed by atoms with van der Waals surface area (Å²) in [7, 11) is 0. The lowest BCUT2D eigenvalue weighted by Gasteiger charge is -2.10. The third-order valence-corrected chi connectivity index (χ3v) is 4.10. The van der Waals surface area contributed by atoms with Gasteiger partial charge in [0.1, 0.15) is 18.6 Å². The molecule has 166 valence electrons. The van der Waals surface area contributed by atoms with Gasteiger partial charge in [-0.3, -0.25) is 4.79 Å². The predicted molar refractivity (Wildman–Crippen MR) is 111 cm³/mol. The molecule has 1 rings (SSSR count). The van der Waals surface area contributed by atoms with Gasteiger partial charge in [0, 0.05) is 12.2 Å². The zero-order valence-electron chi connectivity index (χ0n) is 17.8. The molecule has 0 saturated heterocycles. The maximum atomic E-state index is 10.6. The SMILES string of the molecule is CCC(C)COCCOCCOCCOCCOCCOc1ccc(C=O)cc1. The Morgan fingerprint density at radius 1 is 0.724 bits per heavy atom. The van der Waals surface area contributed by atoms with Crippen molar-refractivity contribution in [2.45, 2.75) is 20.3 Å². The lowest BCUT2D eigenvalue weighted by molar-refractivity contribution is -0.0146. The van der Waals surface area contributed by atoms with E-state index in [4.69, 9.17) is 28.4 Å². The first-order valence-corrected chi connectivity index (χ1v) is 10.3. The van der Waals surface area contributed by atoms with Crippen LogP contribution in [-0.2, 0) is 23.7 Å². The van der Waals surface area contributed by atoms with E-state index in [9.17, 15) is 4.79 Å². The number of hydrogen-bond donors (Lipinski definition) is 0. The van der Waals surface area contributed by atoms with Crippen LogP contribution in [0.2, 0.25) is 0 Å². The summed E-state index contributed by atoms with van der Waals surface area (Å²) in [5.41, 5.74) is 0.629. The molecule has 0 N–H and O–H groups in total. The Morgan fingerprint density at radius 3 is 1.62 bits per heavy atom. The van der Waals surface area contributed by atoms with Crippen LogP contribution in [0, 0.1) is 5.92 Å². The Labute approximate surface area is 174 Å². The van der Waals surface area contributed by atoms with Gasteiger partial charge in [-0.1, -0.05) is 20.3 Å². The summed E-state index contributed by atoms with van der Waals surface area (Å²) >= 11 is 0. The summed E-state index contributed by atoms with van der Waals surface area (Å²) in [4.78, 5) is 10.6. The fourth-order valence-electron chi connectivity index (χ4n) is 2.14. The van der Waals surface area contributed by atoms with Crippen LogP contribution < -0.4 is 4.74 Å². The standard InChI is InChI=1S/C22H36O7/c1-3-20(2)19-28-15-14-26-11-10-24-8-9-25-12-13-27-16-17-29-22-6-4-21(18-23)5-7-22/h4-7,18,20H,3,8-17,19H2,1-2H3. The second-order valence-electron chi connectivity index (χ2n) is 6.57. The molecule has 0 aliphatic heterocycles. The van der Waals surface area contributed by atoms with Gasteiger partial charge in [-0.15, -0.1) is 0 Å². The zero-order valence-corrected chi connectivity index (χ0v) is 17.8. The average molecular weight is 413 g/mol. The first-order valence-electron chi connectivity index (χ1n) is 10.3. The van der Waals surface area contributed by atoms with Crippen LogP contribution in [0.1, 0.15) is 30.6 Å². The normalized spacial score (nSPS) is 12.1. The Morgan fingerprint density at radius 2 is 1.17 bits per heavy atom. The van der Waals surface area contributed by atoms with Crippen molar-refractivity contribution in [2.24, 2.45) is 5.92 Å². The number of carbonyl (C=O) groups excluding carboxylic acids is 1. The van der Waals surface area contributed by atoms with Crippen LogP contribution in [0.4, 0.5) is 0 Å². The molecule has 0 aliphatic rings. The summed E-state index contributed by atoms with van der Waals surface area (Å²) in [6, 6.07) is 6.96. The van der Waals surface area contributed by atoms with Crippen molar-refractivity contribution in [3.63, 3.8) is 0 Å². The van der Waals surface area contributed by atoms with Crippen LogP contribution in [0.5, 0.6) is 5.75 Å². The quantitative estimate of drug-likeness (QED) is 0.241. The van der Waals surface area contributed by atoms with Gasteiger partial charge in [0.05, 0.1) is 59.5 Å². The highest BCUT2D eigenvalue weighted by Gasteiger charge is 1.98. The van der Waals surface area contributed by atoms with Gasteiger partial charge < -0.3 is 28.4 Å². The van der Waals surface area contributed by atoms with Gasteiger partial charge in [-0.05, 0) is 30.2 Å². The molecule has 1 aromatic carbocycles. The molecule has 0 bridgehead atoms. The maximum absolute atomic E-state index is 10.6. The molecule has 7 heteroatoms. The molecule has 0 amide bonds. The van der Waals surface area contributed by atoms with Gasteiger partial charge >= 0.3 is 0 Å². The Balaban J connectivity index is 1.75. The average Bonchev–Trinajstić information content (AvgIpc) is 2.76. The lowest BCUT2D eigenvalue weighted by atomic mass is 10.1. The molecule has 0 spiro atoms. The highest BCUT2D eigenvalue weighted by atomic mass is 16.6. The molecular weight excluding hydrogens is 376 g/mol. The van der Waals surface area contributed by atoms with Gasteiger partial charge in [-0.2, -0.15) is 0 Å². The molecule has 0 fully saturated rings. The highest BCUT2D eigenvalue weighted by molar-refractivity contribution is 5.74. The third kappa shape index (κ3) is 15.1. The summed E-state index contributed by atoms with van der Waals surface area (Å²) in [6.07, 6.45) is 1.94. The number of aldehydes is 1. The van der Waals surface area contributed by atoms with Crippen LogP contribution in [0.25, 0.3) is 0 Å². The number of rotatable bonds is 20. The number of hydrogen-bond acceptors (Lipinski definition) is 7. The molecule has 1 aromatic rings. The van der Waals surface area contributed by atoms with Crippen molar-refractivity contribution < 1.29 is 33.2 Å². The van der Waals surface area contributed by atoms with Crippen LogP contribution >= 0.6 is 0 Å². The number of ether oxygens (including phenoxy) is 6. The second-order valence-corrected chi connectivity index (χ2v) is 6.57. The van der Waals surface area contributed by atoms with Gasteiger partial charge in [0.25, 0.3) is 0 Å². The van der Waals surface area contributed by atoms with Gasteiger partial charge in [0.2, 0.25) is 0 Å². The van der Waals surface area contributed by atoms with Crippen molar-refractivity contribution >= 4 is 6.29 Å². The summed E-state index contributed by atoms with van der Waals surface area (Å²) in [6.45, 7) is 10.5. The topological polar surface area (TPSA) is 72.5 Å². The fraction of sp³-hybridized carbons (Fsp3) is 0.682. The predicted octanol–water partition coefficient (Wildman–Crippen LogP) is 3.01. The van der Waals surface area contributed by atoms with Crippen molar-refractivity contribution in [2.75, 3.05) is 72.7 Å². The summed E-state index contributed by atoms with van der Waals surface area (Å²) in [5, 5.41) is 0. The molecule has 7 nitrogen and oxygen atoms in total. The van der Waals surface area contributed by atoms with E-state index in [-0.39, 0.29) is 0 Å². The Kier molecular flexibility index (Phi) is 16.3. The van der Waals surface area contributed by atoms with Crippen molar-refractivity contribution in [3.8, 4) is 5.75 Å². The molecule has 1 atom stereocenters. The fourth-order valence-corrected chi connectivity index (χ4v) is 2.14. The number of carbonyl (C=O) groups is 1. The van der Waals surface area contributed by atoms with Crippen molar-refractivity contribution in [1.29, 1.82) is 0 Å². The van der Waals surface area contributed by atoms with E-state index >= 15 is 0 Å². The molecule has 1 unspecified atom stereocenters. The molecule has 0 radical (unpaired) electrons. The van der Waals surface area contributed by atoms with E-state index in [1.165, 1.54) is 0 Å². The van der Waals surface area contributed by atoms with E-state index in [2.05, 4.69) is 13.8 Å². The second kappa shape index (κ2) is 18.5. The van der Waals surface area contributed by atoms with Crippen molar-refractivity contribution in [1.82, 2.24) is 0 Å². The molecule has 0 aliphatic carbocycles. The first kappa shape index (κ1) is 25.5. The largest absolute Gasteiger partial charge is 0.491 e. The van der Waals surface area contributed by atoms with Crippen LogP contribution in [0.3, 0.4) is 0 Å². The monoisotopic (exact) mass is 412 g/mol. The zero-order chi connectivity index (χ0) is 21.0. The number of benzene rings is 1. The van der Waals surface area contributed by atoms with Crippen molar-refractivity contribution in [3.05, 3.63) is 29.8 Å². The summed E-state index contributed by atoms with van der Waals surface area (Å²) in [5.74, 6) is 1.32. The summed E-state index contributed by atoms with van der Waals surface area (Å²) < 4.78 is 32.8. The molecule has 0 aromatic heterocycles. The van der Waals surface area contributed by atoms with Crippen LogP contribution in [0.15, 0.2) is 24.3 Å². The first-order chi connectivity index (χ1) is 14.3. The van der Waals surface area contributed by atoms with E-state index in [0.29, 0.717) is 77.6 Å². The van der Waals surface area contributed by atoms with Gasteiger partial charge in [-0.25, -0.2) is 0 Å². The third-order valence-electron chi connectivity index (χ3n) is 4.10.